The zero-order chi connectivity index (χ0) is 25.2. The Labute approximate surface area is 198 Å². The summed E-state index contributed by atoms with van der Waals surface area (Å²) in [6.45, 7) is 1.40. The number of halogens is 4. The maximum absolute atomic E-state index is 13.6. The fourth-order valence-corrected chi connectivity index (χ4v) is 3.63. The number of nitrogens with zero attached hydrogens (tertiary/aromatic N) is 2. The highest BCUT2D eigenvalue weighted by atomic mass is 19.4. The molecule has 1 heterocycles. The Bertz CT molecular complexity index is 1380. The summed E-state index contributed by atoms with van der Waals surface area (Å²) < 4.78 is 64.0. The van der Waals surface area contributed by atoms with Gasteiger partial charge in [-0.25, -0.2) is 14.2 Å². The number of ether oxygens (including phenoxy) is 2. The summed E-state index contributed by atoms with van der Waals surface area (Å²) in [7, 11) is 1.30. The second kappa shape index (κ2) is 9.65. The van der Waals surface area contributed by atoms with Crippen molar-refractivity contribution in [1.82, 2.24) is 9.55 Å². The number of rotatable bonds is 7. The average molecular weight is 487 g/mol. The van der Waals surface area contributed by atoms with Gasteiger partial charge in [0, 0.05) is 30.4 Å². The van der Waals surface area contributed by atoms with E-state index < -0.39 is 24.4 Å². The van der Waals surface area contributed by atoms with Crippen LogP contribution in [0.4, 0.5) is 23.2 Å². The lowest BCUT2D eigenvalue weighted by Crippen LogP contribution is -2.14. The molecule has 6 nitrogen and oxygen atoms in total. The Morgan fingerprint density at radius 1 is 1.09 bits per heavy atom. The lowest BCUT2D eigenvalue weighted by molar-refractivity contribution is -0.131. The normalized spacial score (nSPS) is 11.5. The number of hydrogen-bond donors (Lipinski definition) is 1. The molecule has 35 heavy (non-hydrogen) atoms. The highest BCUT2D eigenvalue weighted by Gasteiger charge is 2.26. The molecule has 1 N–H and O–H groups in total. The van der Waals surface area contributed by atoms with E-state index in [0.717, 1.165) is 0 Å². The largest absolute Gasteiger partial charge is 0.465 e. The lowest BCUT2D eigenvalue weighted by Gasteiger charge is -2.14. The van der Waals surface area contributed by atoms with Crippen LogP contribution >= 0.6 is 0 Å². The van der Waals surface area contributed by atoms with Gasteiger partial charge in [-0.15, -0.1) is 0 Å². The van der Waals surface area contributed by atoms with Crippen molar-refractivity contribution in [1.29, 1.82) is 0 Å². The van der Waals surface area contributed by atoms with Crippen LogP contribution in [-0.4, -0.2) is 35.4 Å². The molecule has 4 aromatic rings. The van der Waals surface area contributed by atoms with Crippen molar-refractivity contribution in [3.8, 4) is 17.2 Å². The lowest BCUT2D eigenvalue weighted by atomic mass is 10.1. The van der Waals surface area contributed by atoms with Gasteiger partial charge in [0.15, 0.2) is 0 Å². The van der Waals surface area contributed by atoms with Crippen LogP contribution < -0.4 is 10.1 Å². The number of esters is 1. The average Bonchev–Trinajstić information content (AvgIpc) is 3.22. The number of alkyl halides is 3. The van der Waals surface area contributed by atoms with Gasteiger partial charge in [0.1, 0.15) is 29.2 Å². The number of imidazole rings is 1. The van der Waals surface area contributed by atoms with Gasteiger partial charge in [-0.2, -0.15) is 13.2 Å². The number of aromatic nitrogens is 2. The van der Waals surface area contributed by atoms with Gasteiger partial charge >= 0.3 is 12.1 Å². The third-order valence-corrected chi connectivity index (χ3v) is 5.27. The molecule has 0 fully saturated rings. The first kappa shape index (κ1) is 24.1. The van der Waals surface area contributed by atoms with Gasteiger partial charge in [-0.05, 0) is 42.8 Å². The van der Waals surface area contributed by atoms with Crippen LogP contribution in [-0.2, 0) is 4.74 Å². The third-order valence-electron chi connectivity index (χ3n) is 5.27. The summed E-state index contributed by atoms with van der Waals surface area (Å²) in [4.78, 5) is 16.3. The topological polar surface area (TPSA) is 65.4 Å². The SMILES string of the molecule is COC(=O)c1ccc(-n2cnc3c(NCCC(F)(F)F)cc(Oc4cccc(F)c4)cc32)cc1C. The minimum atomic E-state index is -4.32. The molecule has 0 radical (unpaired) electrons. The minimum absolute atomic E-state index is 0.231. The highest BCUT2D eigenvalue weighted by molar-refractivity contribution is 5.93. The Balaban J connectivity index is 1.77. The van der Waals surface area contributed by atoms with E-state index in [1.54, 1.807) is 41.8 Å². The number of aryl methyl sites for hydroxylation is 1. The van der Waals surface area contributed by atoms with Gasteiger partial charge in [-0.1, -0.05) is 6.07 Å². The van der Waals surface area contributed by atoms with E-state index >= 15 is 0 Å². The predicted octanol–water partition coefficient (Wildman–Crippen LogP) is 6.42. The monoisotopic (exact) mass is 487 g/mol. The quantitative estimate of drug-likeness (QED) is 0.241. The molecule has 182 valence electrons. The Morgan fingerprint density at radius 3 is 2.57 bits per heavy atom. The number of carbonyl (C=O) groups is 1. The number of nitrogens with one attached hydrogen (secondary N) is 1. The van der Waals surface area contributed by atoms with Crippen LogP contribution in [0.2, 0.25) is 0 Å². The first-order valence-corrected chi connectivity index (χ1v) is 10.6. The fourth-order valence-electron chi connectivity index (χ4n) is 3.63. The van der Waals surface area contributed by atoms with Crippen LogP contribution in [0.1, 0.15) is 22.3 Å². The molecular weight excluding hydrogens is 466 g/mol. The van der Waals surface area contributed by atoms with Crippen molar-refractivity contribution in [3.63, 3.8) is 0 Å². The maximum atomic E-state index is 13.6. The Hall–Kier alpha value is -4.08. The van der Waals surface area contributed by atoms with E-state index in [1.807, 2.05) is 0 Å². The predicted molar refractivity (Wildman–Crippen MR) is 123 cm³/mol. The zero-order valence-electron chi connectivity index (χ0n) is 18.8. The number of fused-ring (bicyclic) bond motifs is 1. The summed E-state index contributed by atoms with van der Waals surface area (Å²) in [5.41, 5.74) is 3.05. The molecule has 10 heteroatoms. The molecule has 0 amide bonds. The van der Waals surface area contributed by atoms with E-state index in [9.17, 15) is 22.4 Å². The first-order chi connectivity index (χ1) is 16.6. The molecule has 4 rings (SSSR count). The minimum Gasteiger partial charge on any atom is -0.465 e. The molecule has 1 aromatic heterocycles. The van der Waals surface area contributed by atoms with E-state index in [0.29, 0.717) is 33.5 Å². The smallest absolute Gasteiger partial charge is 0.390 e. The summed E-state index contributed by atoms with van der Waals surface area (Å²) in [5, 5.41) is 2.78. The van der Waals surface area contributed by atoms with E-state index in [2.05, 4.69) is 10.3 Å². The van der Waals surface area contributed by atoms with E-state index in [-0.39, 0.29) is 18.0 Å². The zero-order valence-corrected chi connectivity index (χ0v) is 18.8. The van der Waals surface area contributed by atoms with Crippen molar-refractivity contribution in [2.24, 2.45) is 0 Å². The van der Waals surface area contributed by atoms with Crippen molar-refractivity contribution in [2.75, 3.05) is 19.0 Å². The van der Waals surface area contributed by atoms with Crippen LogP contribution in [0.3, 0.4) is 0 Å². The number of hydrogen-bond acceptors (Lipinski definition) is 5. The number of benzene rings is 3. The molecular formula is C25H21F4N3O3. The van der Waals surface area contributed by atoms with Gasteiger partial charge in [0.25, 0.3) is 0 Å². The molecule has 0 atom stereocenters. The van der Waals surface area contributed by atoms with Crippen molar-refractivity contribution in [2.45, 2.75) is 19.5 Å². The molecule has 0 aliphatic rings. The van der Waals surface area contributed by atoms with Gasteiger partial charge in [0.2, 0.25) is 0 Å². The summed E-state index contributed by atoms with van der Waals surface area (Å²) >= 11 is 0. The Kier molecular flexibility index (Phi) is 6.63. The highest BCUT2D eigenvalue weighted by Crippen LogP contribution is 2.33. The maximum Gasteiger partial charge on any atom is 0.390 e. The molecule has 0 unspecified atom stereocenters. The van der Waals surface area contributed by atoms with E-state index in [4.69, 9.17) is 9.47 Å². The summed E-state index contributed by atoms with van der Waals surface area (Å²) in [5.74, 6) is -0.443. The standard InChI is InChI=1S/C25H21F4N3O3/c1-15-10-17(6-7-20(15)24(33)34-2)32-14-31-23-21(30-9-8-25(27,28)29)12-19(13-22(23)32)35-18-5-3-4-16(26)11-18/h3-7,10-14,30H,8-9H2,1-2H3. The van der Waals surface area contributed by atoms with Gasteiger partial charge < -0.3 is 14.8 Å². The van der Waals surface area contributed by atoms with E-state index in [1.165, 1.54) is 37.7 Å². The molecule has 0 spiro atoms. The molecule has 0 bridgehead atoms. The van der Waals surface area contributed by atoms with Crippen LogP contribution in [0.5, 0.6) is 11.5 Å². The fraction of sp³-hybridized carbons (Fsp3) is 0.200. The molecule has 3 aromatic carbocycles. The van der Waals surface area contributed by atoms with Crippen LogP contribution in [0, 0.1) is 12.7 Å². The number of carbonyl (C=O) groups excluding carboxylic acids is 1. The second-order valence-electron chi connectivity index (χ2n) is 7.80. The summed E-state index contributed by atoms with van der Waals surface area (Å²) in [6, 6.07) is 13.8. The molecule has 0 saturated heterocycles. The molecule has 0 saturated carbocycles. The van der Waals surface area contributed by atoms with Crippen LogP contribution in [0.15, 0.2) is 60.9 Å². The number of anilines is 1. The van der Waals surface area contributed by atoms with Crippen LogP contribution in [0.25, 0.3) is 16.7 Å². The Morgan fingerprint density at radius 2 is 1.89 bits per heavy atom. The third kappa shape index (κ3) is 5.53. The first-order valence-electron chi connectivity index (χ1n) is 10.6. The van der Waals surface area contributed by atoms with Gasteiger partial charge in [0.05, 0.1) is 30.3 Å². The van der Waals surface area contributed by atoms with Crippen molar-refractivity contribution >= 4 is 22.7 Å². The molecule has 0 aliphatic carbocycles. The number of methoxy groups -OCH3 is 1. The summed E-state index contributed by atoms with van der Waals surface area (Å²) in [6.07, 6.45) is -3.82. The molecule has 0 aliphatic heterocycles. The van der Waals surface area contributed by atoms with Crippen molar-refractivity contribution < 1.29 is 31.8 Å². The van der Waals surface area contributed by atoms with Crippen molar-refractivity contribution in [3.05, 3.63) is 77.9 Å². The van der Waals surface area contributed by atoms with Gasteiger partial charge in [-0.3, -0.25) is 4.57 Å². The second-order valence-corrected chi connectivity index (χ2v) is 7.80.